The molecule has 4 radical (unpaired) electrons. The van der Waals surface area contributed by atoms with E-state index in [-0.39, 0.29) is 124 Å². The molecule has 0 unspecified atom stereocenters. The maximum Gasteiger partial charge on any atom is 1.00 e. The van der Waals surface area contributed by atoms with E-state index in [9.17, 15) is 0 Å². The van der Waals surface area contributed by atoms with Gasteiger partial charge >= 0.3 is 51.4 Å². The van der Waals surface area contributed by atoms with E-state index in [2.05, 4.69) is 0 Å². The zero-order valence-electron chi connectivity index (χ0n) is 3.67. The van der Waals surface area contributed by atoms with Gasteiger partial charge in [-0.25, -0.2) is 0 Å². The summed E-state index contributed by atoms with van der Waals surface area (Å²) in [6.45, 7) is 0. The minimum atomic E-state index is 0. The molecule has 0 spiro atoms. The zero-order valence-corrected chi connectivity index (χ0v) is 11.0. The second kappa shape index (κ2) is 24.9. The minimum absolute atomic E-state index is 0. The largest absolute Gasteiger partial charge is 1.00 e. The molecule has 0 saturated heterocycles. The van der Waals surface area contributed by atoms with Gasteiger partial charge in [-0.1, -0.05) is 0 Å². The fraction of sp³-hybridized carbons (Fsp3) is 0. The van der Waals surface area contributed by atoms with Gasteiger partial charge in [-0.3, -0.25) is 0 Å². The Balaban J connectivity index is 0. The van der Waals surface area contributed by atoms with Crippen molar-refractivity contribution in [1.29, 1.82) is 0 Å². The molecular weight excluding hydrogens is 277 g/mol. The van der Waals surface area contributed by atoms with Crippen molar-refractivity contribution in [3.8, 4) is 0 Å². The Bertz CT molecular complexity index is 15.5. The van der Waals surface area contributed by atoms with Gasteiger partial charge in [0.05, 0.1) is 0 Å². The van der Waals surface area contributed by atoms with Crippen LogP contribution in [-0.4, -0.2) is 17.4 Å². The summed E-state index contributed by atoms with van der Waals surface area (Å²) in [6, 6.07) is 0. The third kappa shape index (κ3) is 18.1. The first-order valence-electron chi connectivity index (χ1n) is 0. The summed E-state index contributed by atoms with van der Waals surface area (Å²) in [5.41, 5.74) is 0. The van der Waals surface area contributed by atoms with Crippen LogP contribution in [0, 0.1) is 0 Å². The quantitative estimate of drug-likeness (QED) is 0.408. The molecule has 0 fully saturated rings. The van der Waals surface area contributed by atoms with Crippen molar-refractivity contribution in [2.45, 2.75) is 0 Å². The monoisotopic (exact) mass is 278 g/mol. The Labute approximate surface area is 121 Å². The summed E-state index contributed by atoms with van der Waals surface area (Å²) < 4.78 is 0. The van der Waals surface area contributed by atoms with Gasteiger partial charge < -0.3 is 1.43 Å². The van der Waals surface area contributed by atoms with Crippen LogP contribution in [-0.2, 0) is 53.9 Å². The molecule has 0 saturated carbocycles. The number of hydrogen-bond donors (Lipinski definition) is 0. The van der Waals surface area contributed by atoms with Crippen LogP contribution in [0.15, 0.2) is 0 Å². The molecule has 0 aliphatic carbocycles. The van der Waals surface area contributed by atoms with Crippen LogP contribution >= 0.6 is 0 Å². The fourth-order valence-corrected chi connectivity index (χ4v) is 0. The van der Waals surface area contributed by atoms with Crippen LogP contribution in [0.3, 0.4) is 0 Å². The van der Waals surface area contributed by atoms with Gasteiger partial charge in [0.1, 0.15) is 0 Å². The minimum Gasteiger partial charge on any atom is -1.00 e. The average Bonchev–Trinajstić information content (AvgIpc) is 0. The van der Waals surface area contributed by atoms with E-state index in [0.29, 0.717) is 0 Å². The zero-order chi connectivity index (χ0) is 0. The van der Waals surface area contributed by atoms with Crippen molar-refractivity contribution < 1.29 is 107 Å². The van der Waals surface area contributed by atoms with E-state index in [0.717, 1.165) is 0 Å². The molecule has 0 aromatic heterocycles. The fourth-order valence-electron chi connectivity index (χ4n) is 0. The van der Waals surface area contributed by atoms with E-state index in [1.54, 1.807) is 0 Å². The van der Waals surface area contributed by atoms with E-state index >= 15 is 0 Å². The maximum absolute atomic E-state index is 0. The van der Waals surface area contributed by atoms with Crippen LogP contribution < -0.4 is 51.4 Å². The van der Waals surface area contributed by atoms with Crippen LogP contribution in [0.5, 0.6) is 0 Å². The molecule has 0 N–H and O–H groups in total. The second-order valence-electron chi connectivity index (χ2n) is 0. The van der Waals surface area contributed by atoms with Gasteiger partial charge in [0, 0.05) is 71.3 Å². The van der Waals surface area contributed by atoms with Crippen molar-refractivity contribution in [3.63, 3.8) is 0 Å². The molecular formula is HAlCrFeKRh. The van der Waals surface area contributed by atoms with Crippen LogP contribution in [0.2, 0.25) is 0 Å². The standard InChI is InChI=1S/Al.Cr.Fe.K.Rh.H/q;;;+1;;-1. The van der Waals surface area contributed by atoms with Crippen molar-refractivity contribution in [2.75, 3.05) is 0 Å². The normalized spacial score (nSPS) is 0. The Hall–Kier alpha value is 3.84. The summed E-state index contributed by atoms with van der Waals surface area (Å²) in [5.74, 6) is 0. The predicted octanol–water partition coefficient (Wildman–Crippen LogP) is -3.27. The number of rotatable bonds is 0. The Morgan fingerprint density at radius 3 is 1.20 bits per heavy atom. The molecule has 28 valence electrons. The summed E-state index contributed by atoms with van der Waals surface area (Å²) in [4.78, 5) is 0. The Kier molecular flexibility index (Phi) is 183. The van der Waals surface area contributed by atoms with Crippen molar-refractivity contribution >= 4 is 17.4 Å². The summed E-state index contributed by atoms with van der Waals surface area (Å²) in [6.07, 6.45) is 0. The molecule has 0 nitrogen and oxygen atoms in total. The molecule has 0 aromatic rings. The summed E-state index contributed by atoms with van der Waals surface area (Å²) >= 11 is 0. The van der Waals surface area contributed by atoms with E-state index in [1.807, 2.05) is 0 Å². The molecule has 0 amide bonds. The van der Waals surface area contributed by atoms with Gasteiger partial charge in [-0.15, -0.1) is 0 Å². The molecule has 0 aromatic carbocycles. The molecule has 0 rings (SSSR count). The van der Waals surface area contributed by atoms with Gasteiger partial charge in [0.15, 0.2) is 0 Å². The predicted molar refractivity (Wildman–Crippen MR) is 6.87 cm³/mol. The summed E-state index contributed by atoms with van der Waals surface area (Å²) in [7, 11) is 0. The van der Waals surface area contributed by atoms with Crippen LogP contribution in [0.4, 0.5) is 0 Å². The SMILES string of the molecule is [Al].[Cr].[Fe].[H-].[K+].[Rh]. The Morgan fingerprint density at radius 2 is 1.20 bits per heavy atom. The number of hydrogen-bond acceptors (Lipinski definition) is 0. The van der Waals surface area contributed by atoms with Gasteiger partial charge in [-0.2, -0.15) is 0 Å². The van der Waals surface area contributed by atoms with E-state index in [1.165, 1.54) is 0 Å². The maximum atomic E-state index is 0. The topological polar surface area (TPSA) is 0 Å². The molecule has 0 heterocycles. The van der Waals surface area contributed by atoms with E-state index < -0.39 is 0 Å². The first kappa shape index (κ1) is 36.8. The first-order valence-corrected chi connectivity index (χ1v) is 0. The molecule has 0 aliphatic rings. The molecule has 5 heteroatoms. The van der Waals surface area contributed by atoms with Crippen molar-refractivity contribution in [3.05, 3.63) is 0 Å². The molecule has 0 aliphatic heterocycles. The molecule has 0 bridgehead atoms. The molecule has 5 heavy (non-hydrogen) atoms. The van der Waals surface area contributed by atoms with Gasteiger partial charge in [0.25, 0.3) is 0 Å². The van der Waals surface area contributed by atoms with Crippen molar-refractivity contribution in [2.24, 2.45) is 0 Å². The van der Waals surface area contributed by atoms with E-state index in [4.69, 9.17) is 0 Å². The third-order valence-corrected chi connectivity index (χ3v) is 0. The second-order valence-corrected chi connectivity index (χ2v) is 0. The molecule has 0 atom stereocenters. The van der Waals surface area contributed by atoms with Crippen LogP contribution in [0.1, 0.15) is 1.43 Å². The van der Waals surface area contributed by atoms with Gasteiger partial charge in [0.2, 0.25) is 0 Å². The average molecular weight is 278 g/mol. The van der Waals surface area contributed by atoms with Gasteiger partial charge in [-0.05, 0) is 0 Å². The summed E-state index contributed by atoms with van der Waals surface area (Å²) in [5, 5.41) is 0. The Morgan fingerprint density at radius 1 is 1.20 bits per heavy atom. The smallest absolute Gasteiger partial charge is 1.00 e. The van der Waals surface area contributed by atoms with Crippen LogP contribution in [0.25, 0.3) is 0 Å². The van der Waals surface area contributed by atoms with Crippen molar-refractivity contribution in [1.82, 2.24) is 0 Å². The first-order chi connectivity index (χ1) is 0. The third-order valence-electron chi connectivity index (χ3n) is 0.